The maximum Gasteiger partial charge on any atom is 0.227 e. The third-order valence-electron chi connectivity index (χ3n) is 5.08. The zero-order valence-electron chi connectivity index (χ0n) is 15.9. The normalized spacial score (nSPS) is 14.9. The van der Waals surface area contributed by atoms with E-state index in [1.807, 2.05) is 53.4 Å². The van der Waals surface area contributed by atoms with E-state index in [1.54, 1.807) is 11.3 Å². The number of carbonyl (C=O) groups excluding carboxylic acids is 1. The second-order valence-corrected chi connectivity index (χ2v) is 8.84. The molecule has 0 bridgehead atoms. The molecule has 1 amide bonds. The van der Waals surface area contributed by atoms with E-state index in [9.17, 15) is 4.79 Å². The van der Waals surface area contributed by atoms with Gasteiger partial charge in [-0.15, -0.1) is 11.3 Å². The molecule has 29 heavy (non-hydrogen) atoms. The molecule has 0 N–H and O–H groups in total. The van der Waals surface area contributed by atoms with Crippen molar-refractivity contribution in [2.75, 3.05) is 26.2 Å². The van der Waals surface area contributed by atoms with Crippen molar-refractivity contribution in [2.24, 2.45) is 0 Å². The maximum absolute atomic E-state index is 12.6. The van der Waals surface area contributed by atoms with E-state index < -0.39 is 0 Å². The number of nitrogens with zero attached hydrogens (tertiary/aromatic N) is 3. The topological polar surface area (TPSA) is 36.4 Å². The van der Waals surface area contributed by atoms with Gasteiger partial charge in [0.2, 0.25) is 5.91 Å². The quantitative estimate of drug-likeness (QED) is 0.553. The lowest BCUT2D eigenvalue weighted by Crippen LogP contribution is -2.48. The van der Waals surface area contributed by atoms with E-state index in [-0.39, 0.29) is 5.91 Å². The van der Waals surface area contributed by atoms with Crippen molar-refractivity contribution in [1.82, 2.24) is 14.8 Å². The first-order valence-corrected chi connectivity index (χ1v) is 11.2. The molecule has 1 aliphatic heterocycles. The number of amides is 1. The predicted octanol–water partition coefficient (Wildman–Crippen LogP) is 5.00. The largest absolute Gasteiger partial charge is 0.340 e. The van der Waals surface area contributed by atoms with Crippen LogP contribution in [-0.2, 0) is 17.8 Å². The highest BCUT2D eigenvalue weighted by Gasteiger charge is 2.22. The SMILES string of the molecule is O=C(Cc1ccccc1Cl)N1CCN(Cc2nc(-c3ccc(Cl)cc3)cs2)CC1. The first kappa shape index (κ1) is 20.4. The highest BCUT2D eigenvalue weighted by molar-refractivity contribution is 7.09. The zero-order valence-corrected chi connectivity index (χ0v) is 18.2. The summed E-state index contributed by atoms with van der Waals surface area (Å²) in [5.41, 5.74) is 2.95. The third kappa shape index (κ3) is 5.17. The Bertz CT molecular complexity index is 982. The monoisotopic (exact) mass is 445 g/mol. The molecule has 0 aliphatic carbocycles. The van der Waals surface area contributed by atoms with Crippen LogP contribution in [0, 0.1) is 0 Å². The minimum Gasteiger partial charge on any atom is -0.340 e. The third-order valence-corrected chi connectivity index (χ3v) is 6.53. The average molecular weight is 446 g/mol. The van der Waals surface area contributed by atoms with Crippen molar-refractivity contribution < 1.29 is 4.79 Å². The smallest absolute Gasteiger partial charge is 0.227 e. The van der Waals surface area contributed by atoms with Crippen molar-refractivity contribution in [2.45, 2.75) is 13.0 Å². The molecule has 3 aromatic rings. The molecule has 1 aromatic heterocycles. The Kier molecular flexibility index (Phi) is 6.50. The molecule has 7 heteroatoms. The Morgan fingerprint density at radius 1 is 1.00 bits per heavy atom. The standard InChI is InChI=1S/C22H21Cl2N3OS/c23-18-7-5-16(6-8-18)20-15-29-21(25-20)14-26-9-11-27(12-10-26)22(28)13-17-3-1-2-4-19(17)24/h1-8,15H,9-14H2. The number of thiazole rings is 1. The second-order valence-electron chi connectivity index (χ2n) is 7.06. The summed E-state index contributed by atoms with van der Waals surface area (Å²) in [5, 5.41) is 4.55. The van der Waals surface area contributed by atoms with Gasteiger partial charge >= 0.3 is 0 Å². The Morgan fingerprint density at radius 3 is 2.45 bits per heavy atom. The number of hydrogen-bond acceptors (Lipinski definition) is 4. The molecular weight excluding hydrogens is 425 g/mol. The van der Waals surface area contributed by atoms with Crippen molar-refractivity contribution in [1.29, 1.82) is 0 Å². The van der Waals surface area contributed by atoms with Crippen molar-refractivity contribution in [3.05, 3.63) is 74.5 Å². The van der Waals surface area contributed by atoms with Crippen LogP contribution in [0.15, 0.2) is 53.9 Å². The number of rotatable bonds is 5. The van der Waals surface area contributed by atoms with Crippen LogP contribution < -0.4 is 0 Å². The molecule has 0 unspecified atom stereocenters. The highest BCUT2D eigenvalue weighted by atomic mass is 35.5. The van der Waals surface area contributed by atoms with Crippen molar-refractivity contribution in [3.8, 4) is 11.3 Å². The molecule has 1 fully saturated rings. The number of benzene rings is 2. The zero-order chi connectivity index (χ0) is 20.2. The summed E-state index contributed by atoms with van der Waals surface area (Å²) in [6.45, 7) is 3.98. The van der Waals surface area contributed by atoms with Gasteiger partial charge in [0, 0.05) is 47.2 Å². The Balaban J connectivity index is 1.29. The van der Waals surface area contributed by atoms with Crippen molar-refractivity contribution in [3.63, 3.8) is 0 Å². The van der Waals surface area contributed by atoms with E-state index in [0.29, 0.717) is 11.4 Å². The van der Waals surface area contributed by atoms with Gasteiger partial charge in [-0.05, 0) is 23.8 Å². The number of carbonyl (C=O) groups is 1. The van der Waals surface area contributed by atoms with Gasteiger partial charge in [-0.25, -0.2) is 4.98 Å². The fraction of sp³-hybridized carbons (Fsp3) is 0.273. The van der Waals surface area contributed by atoms with E-state index in [4.69, 9.17) is 28.2 Å². The molecule has 0 spiro atoms. The Hall–Kier alpha value is -1.92. The molecule has 4 nitrogen and oxygen atoms in total. The number of aromatic nitrogens is 1. The minimum atomic E-state index is 0.136. The summed E-state index contributed by atoms with van der Waals surface area (Å²) in [7, 11) is 0. The van der Waals surface area contributed by atoms with Crippen LogP contribution in [0.4, 0.5) is 0 Å². The summed E-state index contributed by atoms with van der Waals surface area (Å²) in [5.74, 6) is 0.136. The van der Waals surface area contributed by atoms with Gasteiger partial charge in [-0.1, -0.05) is 53.5 Å². The van der Waals surface area contributed by atoms with Gasteiger partial charge in [0.15, 0.2) is 0 Å². The highest BCUT2D eigenvalue weighted by Crippen LogP contribution is 2.24. The number of halogens is 2. The summed E-state index contributed by atoms with van der Waals surface area (Å²) in [6.07, 6.45) is 0.358. The van der Waals surface area contributed by atoms with Gasteiger partial charge < -0.3 is 4.90 Å². The lowest BCUT2D eigenvalue weighted by atomic mass is 10.1. The molecule has 0 radical (unpaired) electrons. The summed E-state index contributed by atoms with van der Waals surface area (Å²) < 4.78 is 0. The van der Waals surface area contributed by atoms with Crippen LogP contribution in [0.3, 0.4) is 0 Å². The summed E-state index contributed by atoms with van der Waals surface area (Å²) >= 11 is 13.8. The van der Waals surface area contributed by atoms with E-state index in [1.165, 1.54) is 0 Å². The van der Waals surface area contributed by atoms with Crippen LogP contribution in [0.25, 0.3) is 11.3 Å². The molecular formula is C22H21Cl2N3OS. The molecule has 1 saturated heterocycles. The Morgan fingerprint density at radius 2 is 1.72 bits per heavy atom. The van der Waals surface area contributed by atoms with Gasteiger partial charge in [0.25, 0.3) is 0 Å². The van der Waals surface area contributed by atoms with Gasteiger partial charge in [0.05, 0.1) is 18.7 Å². The maximum atomic E-state index is 12.6. The van der Waals surface area contributed by atoms with Crippen LogP contribution >= 0.6 is 34.5 Å². The number of hydrogen-bond donors (Lipinski definition) is 0. The van der Waals surface area contributed by atoms with E-state index in [0.717, 1.165) is 59.6 Å². The first-order chi connectivity index (χ1) is 14.1. The molecule has 0 atom stereocenters. The summed E-state index contributed by atoms with van der Waals surface area (Å²) in [6, 6.07) is 15.3. The van der Waals surface area contributed by atoms with Gasteiger partial charge in [-0.3, -0.25) is 9.69 Å². The molecule has 2 heterocycles. The van der Waals surface area contributed by atoms with E-state index in [2.05, 4.69) is 10.3 Å². The average Bonchev–Trinajstić information content (AvgIpc) is 3.19. The predicted molar refractivity (Wildman–Crippen MR) is 120 cm³/mol. The van der Waals surface area contributed by atoms with Crippen LogP contribution in [0.2, 0.25) is 10.0 Å². The summed E-state index contributed by atoms with van der Waals surface area (Å²) in [4.78, 5) is 21.6. The lowest BCUT2D eigenvalue weighted by Gasteiger charge is -2.34. The molecule has 1 aliphatic rings. The number of piperazine rings is 1. The lowest BCUT2D eigenvalue weighted by molar-refractivity contribution is -0.132. The molecule has 0 saturated carbocycles. The second kappa shape index (κ2) is 9.26. The van der Waals surface area contributed by atoms with Gasteiger partial charge in [0.1, 0.15) is 5.01 Å². The fourth-order valence-corrected chi connectivity index (χ4v) is 4.57. The van der Waals surface area contributed by atoms with Gasteiger partial charge in [-0.2, -0.15) is 0 Å². The minimum absolute atomic E-state index is 0.136. The van der Waals surface area contributed by atoms with Crippen LogP contribution in [-0.4, -0.2) is 46.9 Å². The first-order valence-electron chi connectivity index (χ1n) is 9.52. The van der Waals surface area contributed by atoms with Crippen LogP contribution in [0.1, 0.15) is 10.6 Å². The van der Waals surface area contributed by atoms with Crippen molar-refractivity contribution >= 4 is 40.4 Å². The molecule has 150 valence electrons. The fourth-order valence-electron chi connectivity index (χ4n) is 3.40. The molecule has 4 rings (SSSR count). The molecule has 2 aromatic carbocycles. The Labute approximate surface area is 184 Å². The van der Waals surface area contributed by atoms with E-state index >= 15 is 0 Å². The van der Waals surface area contributed by atoms with Crippen LogP contribution in [0.5, 0.6) is 0 Å².